The summed E-state index contributed by atoms with van der Waals surface area (Å²) in [4.78, 5) is 25.7. The van der Waals surface area contributed by atoms with Crippen LogP contribution in [-0.4, -0.2) is 47.7 Å². The zero-order valence-corrected chi connectivity index (χ0v) is 25.7. The number of likely N-dealkylation sites (tertiary alicyclic amines) is 1. The van der Waals surface area contributed by atoms with E-state index in [0.29, 0.717) is 29.5 Å². The number of hydrogen-bond donors (Lipinski definition) is 1. The Morgan fingerprint density at radius 1 is 1.00 bits per heavy atom. The van der Waals surface area contributed by atoms with Gasteiger partial charge in [0.05, 0.1) is 13.2 Å². The van der Waals surface area contributed by atoms with Gasteiger partial charge in [0.15, 0.2) is 23.2 Å². The molecule has 1 aliphatic heterocycles. The van der Waals surface area contributed by atoms with Gasteiger partial charge in [0.25, 0.3) is 0 Å². The first kappa shape index (κ1) is 31.8. The van der Waals surface area contributed by atoms with Gasteiger partial charge < -0.3 is 19.7 Å². The third-order valence-corrected chi connectivity index (χ3v) is 7.64. The van der Waals surface area contributed by atoms with E-state index in [1.807, 2.05) is 32.9 Å². The van der Waals surface area contributed by atoms with E-state index < -0.39 is 23.5 Å². The lowest BCUT2D eigenvalue weighted by atomic mass is 10.00. The van der Waals surface area contributed by atoms with E-state index in [4.69, 9.17) is 9.47 Å². The SMILES string of the molecule is Cc1cc(C)c(OC(=O)N(Cc2ccc(F)c(F)c2)c2ccnc(Nc3ccc(OCC4CCCN(C)C4)c(F)c3)n2)c(C)c1. The minimum atomic E-state index is -1.04. The van der Waals surface area contributed by atoms with E-state index in [1.165, 1.54) is 29.3 Å². The molecule has 1 amide bonds. The number of anilines is 3. The van der Waals surface area contributed by atoms with Crippen LogP contribution in [0.2, 0.25) is 0 Å². The number of halogens is 3. The van der Waals surface area contributed by atoms with Crippen molar-refractivity contribution in [3.05, 3.63) is 100 Å². The van der Waals surface area contributed by atoms with E-state index in [2.05, 4.69) is 27.2 Å². The molecule has 0 spiro atoms. The lowest BCUT2D eigenvalue weighted by Gasteiger charge is -2.29. The second-order valence-electron chi connectivity index (χ2n) is 11.5. The Morgan fingerprint density at radius 3 is 2.49 bits per heavy atom. The average Bonchev–Trinajstić information content (AvgIpc) is 2.99. The zero-order valence-electron chi connectivity index (χ0n) is 25.7. The number of aryl methyl sites for hydroxylation is 3. The fraction of sp³-hybridized carbons (Fsp3) is 0.324. The molecule has 0 radical (unpaired) electrons. The molecule has 1 saturated heterocycles. The van der Waals surface area contributed by atoms with Gasteiger partial charge in [0.1, 0.15) is 11.6 Å². The van der Waals surface area contributed by atoms with Gasteiger partial charge in [-0.15, -0.1) is 0 Å². The molecule has 1 atom stereocenters. The summed E-state index contributed by atoms with van der Waals surface area (Å²) >= 11 is 0. The highest BCUT2D eigenvalue weighted by molar-refractivity contribution is 5.88. The molecule has 3 aromatic carbocycles. The number of rotatable bonds is 9. The Bertz CT molecular complexity index is 1660. The Kier molecular flexibility index (Phi) is 9.87. The van der Waals surface area contributed by atoms with Crippen LogP contribution in [0.25, 0.3) is 0 Å². The highest BCUT2D eigenvalue weighted by Gasteiger charge is 2.23. The lowest BCUT2D eigenvalue weighted by Crippen LogP contribution is -2.34. The smallest absolute Gasteiger partial charge is 0.421 e. The minimum Gasteiger partial charge on any atom is -0.490 e. The highest BCUT2D eigenvalue weighted by atomic mass is 19.2. The number of ether oxygens (including phenoxy) is 2. The van der Waals surface area contributed by atoms with Crippen LogP contribution in [0.1, 0.15) is 35.1 Å². The highest BCUT2D eigenvalue weighted by Crippen LogP contribution is 2.28. The third-order valence-electron chi connectivity index (χ3n) is 7.64. The number of benzene rings is 3. The first-order valence-corrected chi connectivity index (χ1v) is 14.8. The predicted molar refractivity (Wildman–Crippen MR) is 167 cm³/mol. The molecule has 2 heterocycles. The molecule has 1 aliphatic rings. The Balaban J connectivity index is 1.35. The van der Waals surface area contributed by atoms with Crippen LogP contribution in [0.4, 0.5) is 35.4 Å². The molecule has 0 aliphatic carbocycles. The van der Waals surface area contributed by atoms with Crippen LogP contribution in [0.5, 0.6) is 11.5 Å². The van der Waals surface area contributed by atoms with Gasteiger partial charge in [0.2, 0.25) is 5.95 Å². The molecule has 236 valence electrons. The number of piperidine rings is 1. The number of amides is 1. The van der Waals surface area contributed by atoms with Crippen LogP contribution >= 0.6 is 0 Å². The second kappa shape index (κ2) is 14.0. The summed E-state index contributed by atoms with van der Waals surface area (Å²) < 4.78 is 54.2. The van der Waals surface area contributed by atoms with E-state index in [0.717, 1.165) is 54.8 Å². The number of carbonyl (C=O) groups is 1. The third kappa shape index (κ3) is 8.10. The van der Waals surface area contributed by atoms with E-state index in [9.17, 15) is 18.0 Å². The van der Waals surface area contributed by atoms with Crippen LogP contribution in [-0.2, 0) is 6.54 Å². The van der Waals surface area contributed by atoms with Gasteiger partial charge in [-0.1, -0.05) is 23.8 Å². The maximum Gasteiger partial charge on any atom is 0.421 e. The molecule has 1 unspecified atom stereocenters. The number of aromatic nitrogens is 2. The largest absolute Gasteiger partial charge is 0.490 e. The van der Waals surface area contributed by atoms with Gasteiger partial charge >= 0.3 is 6.09 Å². The van der Waals surface area contributed by atoms with E-state index in [1.54, 1.807) is 12.1 Å². The van der Waals surface area contributed by atoms with E-state index in [-0.39, 0.29) is 24.1 Å². The Labute approximate surface area is 260 Å². The van der Waals surface area contributed by atoms with Crippen LogP contribution in [0.15, 0.2) is 60.8 Å². The summed E-state index contributed by atoms with van der Waals surface area (Å²) in [5.74, 6) is -1.48. The number of carbonyl (C=O) groups excluding carboxylic acids is 1. The molecule has 1 fully saturated rings. The minimum absolute atomic E-state index is 0.0802. The van der Waals surface area contributed by atoms with Crippen molar-refractivity contribution in [1.82, 2.24) is 14.9 Å². The summed E-state index contributed by atoms with van der Waals surface area (Å²) in [6.45, 7) is 7.85. The number of nitrogens with zero attached hydrogens (tertiary/aromatic N) is 4. The summed E-state index contributed by atoms with van der Waals surface area (Å²) in [5.41, 5.74) is 3.23. The summed E-state index contributed by atoms with van der Waals surface area (Å²) in [5, 5.41) is 2.96. The fourth-order valence-corrected chi connectivity index (χ4v) is 5.53. The van der Waals surface area contributed by atoms with E-state index >= 15 is 0 Å². The van der Waals surface area contributed by atoms with Crippen molar-refractivity contribution in [2.24, 2.45) is 5.92 Å². The standard InChI is InChI=1S/C34H36F3N5O3/c1-21-14-22(2)32(23(3)15-21)45-34(43)42(19-24-7-9-27(35)28(36)16-24)31-11-12-38-33(40-31)39-26-8-10-30(29(37)17-26)44-20-25-6-5-13-41(4)18-25/h7-12,14-17,25H,5-6,13,18-20H2,1-4H3,(H,38,39,40). The first-order chi connectivity index (χ1) is 21.5. The van der Waals surface area contributed by atoms with Crippen LogP contribution < -0.4 is 19.7 Å². The Morgan fingerprint density at radius 2 is 1.78 bits per heavy atom. The monoisotopic (exact) mass is 619 g/mol. The molecule has 11 heteroatoms. The summed E-state index contributed by atoms with van der Waals surface area (Å²) in [7, 11) is 2.07. The quantitative estimate of drug-likeness (QED) is 0.208. The maximum atomic E-state index is 15.0. The molecule has 45 heavy (non-hydrogen) atoms. The van der Waals surface area contributed by atoms with Gasteiger partial charge in [-0.3, -0.25) is 4.90 Å². The topological polar surface area (TPSA) is 79.8 Å². The van der Waals surface area contributed by atoms with Gasteiger partial charge in [-0.2, -0.15) is 4.98 Å². The number of hydrogen-bond acceptors (Lipinski definition) is 7. The average molecular weight is 620 g/mol. The second-order valence-corrected chi connectivity index (χ2v) is 11.5. The van der Waals surface area contributed by atoms with Crippen molar-refractivity contribution in [2.45, 2.75) is 40.2 Å². The molecule has 0 saturated carbocycles. The van der Waals surface area contributed by atoms with Crippen LogP contribution in [0.3, 0.4) is 0 Å². The van der Waals surface area contributed by atoms with Crippen molar-refractivity contribution in [1.29, 1.82) is 0 Å². The molecule has 8 nitrogen and oxygen atoms in total. The molecule has 1 aromatic heterocycles. The van der Waals surface area contributed by atoms with Gasteiger partial charge in [0, 0.05) is 30.4 Å². The van der Waals surface area contributed by atoms with Gasteiger partial charge in [-0.05, 0) is 94.2 Å². The molecular weight excluding hydrogens is 583 g/mol. The predicted octanol–water partition coefficient (Wildman–Crippen LogP) is 7.49. The van der Waals surface area contributed by atoms with Crippen molar-refractivity contribution in [3.63, 3.8) is 0 Å². The van der Waals surface area contributed by atoms with Crippen molar-refractivity contribution in [2.75, 3.05) is 37.0 Å². The summed E-state index contributed by atoms with van der Waals surface area (Å²) in [6, 6.07) is 13.1. The normalized spacial score (nSPS) is 15.0. The first-order valence-electron chi connectivity index (χ1n) is 14.8. The molecule has 1 N–H and O–H groups in total. The number of nitrogens with one attached hydrogen (secondary N) is 1. The molecular formula is C34H36F3N5O3. The zero-order chi connectivity index (χ0) is 32.1. The lowest BCUT2D eigenvalue weighted by molar-refractivity contribution is 0.147. The molecule has 0 bridgehead atoms. The maximum absolute atomic E-state index is 15.0. The summed E-state index contributed by atoms with van der Waals surface area (Å²) in [6.07, 6.45) is 2.78. The van der Waals surface area contributed by atoms with Crippen molar-refractivity contribution < 1.29 is 27.4 Å². The van der Waals surface area contributed by atoms with Gasteiger partial charge in [-0.25, -0.2) is 22.9 Å². The fourth-order valence-electron chi connectivity index (χ4n) is 5.53. The van der Waals surface area contributed by atoms with Crippen molar-refractivity contribution >= 4 is 23.5 Å². The van der Waals surface area contributed by atoms with Crippen LogP contribution in [0, 0.1) is 44.1 Å². The molecule has 4 aromatic rings. The Hall–Kier alpha value is -4.64. The molecule has 5 rings (SSSR count). The van der Waals surface area contributed by atoms with Crippen molar-refractivity contribution in [3.8, 4) is 11.5 Å².